The van der Waals surface area contributed by atoms with E-state index in [1.54, 1.807) is 25.7 Å². The minimum atomic E-state index is -0.898. The van der Waals surface area contributed by atoms with Gasteiger partial charge in [-0.15, -0.1) is 0 Å². The minimum absolute atomic E-state index is 0.109. The normalized spacial score (nSPS) is 20.1. The van der Waals surface area contributed by atoms with E-state index < -0.39 is 34.6 Å². The first-order valence-electron chi connectivity index (χ1n) is 15.5. The number of ether oxygens (including phenoxy) is 1. The van der Waals surface area contributed by atoms with Gasteiger partial charge in [-0.05, 0) is 57.8 Å². The lowest BCUT2D eigenvalue weighted by Crippen LogP contribution is -2.55. The lowest BCUT2D eigenvalue weighted by atomic mass is 9.98. The number of hydrogen-bond donors (Lipinski definition) is 1. The highest BCUT2D eigenvalue weighted by Gasteiger charge is 2.39. The van der Waals surface area contributed by atoms with Crippen LogP contribution in [0, 0.1) is 0 Å². The van der Waals surface area contributed by atoms with Gasteiger partial charge in [0.2, 0.25) is 0 Å². The van der Waals surface area contributed by atoms with Crippen molar-refractivity contribution < 1.29 is 23.9 Å². The Morgan fingerprint density at radius 2 is 1.74 bits per heavy atom. The molecule has 14 heteroatoms. The Labute approximate surface area is 277 Å². The van der Waals surface area contributed by atoms with Crippen LogP contribution >= 0.6 is 11.6 Å². The van der Waals surface area contributed by atoms with E-state index >= 15 is 4.39 Å². The molecule has 1 fully saturated rings. The molecule has 4 heterocycles. The van der Waals surface area contributed by atoms with Gasteiger partial charge in [-0.2, -0.15) is 4.98 Å². The van der Waals surface area contributed by atoms with E-state index in [1.165, 1.54) is 23.0 Å². The molecule has 12 nitrogen and oxygen atoms in total. The third-order valence-electron chi connectivity index (χ3n) is 7.96. The summed E-state index contributed by atoms with van der Waals surface area (Å²) in [6, 6.07) is -0.342. The van der Waals surface area contributed by atoms with Crippen LogP contribution in [0.25, 0.3) is 11.8 Å². The number of carbonyl (C=O) groups is 2. The van der Waals surface area contributed by atoms with Gasteiger partial charge in [-0.1, -0.05) is 45.4 Å². The number of fused-ring (bicyclic) bond motifs is 1. The van der Waals surface area contributed by atoms with Crippen LogP contribution in [0.2, 0.25) is 0 Å². The van der Waals surface area contributed by atoms with Gasteiger partial charge in [-0.25, -0.2) is 33.6 Å². The van der Waals surface area contributed by atoms with Gasteiger partial charge in [0.15, 0.2) is 11.6 Å². The highest BCUT2D eigenvalue weighted by molar-refractivity contribution is 6.35. The molecule has 0 aromatic carbocycles. The molecule has 1 amide bonds. The Morgan fingerprint density at radius 3 is 2.30 bits per heavy atom. The summed E-state index contributed by atoms with van der Waals surface area (Å²) in [5.41, 5.74) is -0.617. The second-order valence-electron chi connectivity index (χ2n) is 13.3. The lowest BCUT2D eigenvalue weighted by molar-refractivity contribution is -0.111. The van der Waals surface area contributed by atoms with E-state index in [2.05, 4.69) is 15.0 Å². The number of piperazine rings is 1. The van der Waals surface area contributed by atoms with Crippen LogP contribution in [-0.4, -0.2) is 72.8 Å². The van der Waals surface area contributed by atoms with Crippen molar-refractivity contribution in [2.24, 2.45) is 0 Å². The molecule has 0 radical (unpaired) electrons. The summed E-state index contributed by atoms with van der Waals surface area (Å²) in [6.07, 6.45) is 5.95. The predicted molar refractivity (Wildman–Crippen MR) is 177 cm³/mol. The fourth-order valence-corrected chi connectivity index (χ4v) is 6.16. The monoisotopic (exact) mass is 667 g/mol. The molecule has 0 spiro atoms. The number of rotatable bonds is 4. The number of halogens is 2. The molecule has 2 aromatic heterocycles. The summed E-state index contributed by atoms with van der Waals surface area (Å²) < 4.78 is 22.0. The van der Waals surface area contributed by atoms with Crippen molar-refractivity contribution in [3.8, 4) is 5.69 Å². The number of hydroxylamine groups is 1. The molecular formula is C33H39ClFN7O5. The molecule has 0 bridgehead atoms. The fraction of sp³-hybridized carbons (Fsp3) is 0.455. The van der Waals surface area contributed by atoms with E-state index in [9.17, 15) is 19.6 Å². The summed E-state index contributed by atoms with van der Waals surface area (Å²) in [5.74, 6) is -1.87. The number of amides is 1. The van der Waals surface area contributed by atoms with E-state index in [0.717, 1.165) is 12.2 Å². The lowest BCUT2D eigenvalue weighted by Gasteiger charge is -2.42. The van der Waals surface area contributed by atoms with Crippen LogP contribution in [0.1, 0.15) is 84.2 Å². The molecule has 0 saturated carbocycles. The molecule has 1 atom stereocenters. The molecule has 2 aliphatic heterocycles. The average Bonchev–Trinajstić information content (AvgIpc) is 2.97. The summed E-state index contributed by atoms with van der Waals surface area (Å²) in [7, 11) is 0. The minimum Gasteiger partial charge on any atom is -0.444 e. The molecule has 250 valence electrons. The summed E-state index contributed by atoms with van der Waals surface area (Å²) in [5, 5.41) is 12.4. The second kappa shape index (κ2) is 12.7. The van der Waals surface area contributed by atoms with Crippen molar-refractivity contribution in [3.05, 3.63) is 74.1 Å². The number of aromatic nitrogens is 4. The molecule has 1 aliphatic carbocycles. The highest BCUT2D eigenvalue weighted by Crippen LogP contribution is 2.44. The molecule has 1 saturated heterocycles. The number of hydrogen-bond acceptors (Lipinski definition) is 10. The first kappa shape index (κ1) is 34.0. The zero-order valence-corrected chi connectivity index (χ0v) is 28.5. The Bertz CT molecular complexity index is 1800. The Hall–Kier alpha value is -4.36. The number of allylic oxidation sites excluding steroid dienone is 6. The van der Waals surface area contributed by atoms with Gasteiger partial charge >= 0.3 is 11.8 Å². The van der Waals surface area contributed by atoms with Crippen LogP contribution < -0.4 is 15.7 Å². The summed E-state index contributed by atoms with van der Waals surface area (Å²) in [4.78, 5) is 57.0. The van der Waals surface area contributed by atoms with Crippen LogP contribution in [0.3, 0.4) is 0 Å². The van der Waals surface area contributed by atoms with Crippen LogP contribution in [-0.2, 0) is 9.53 Å². The Morgan fingerprint density at radius 1 is 1.11 bits per heavy atom. The molecule has 47 heavy (non-hydrogen) atoms. The van der Waals surface area contributed by atoms with Gasteiger partial charge in [-0.3, -0.25) is 10.0 Å². The van der Waals surface area contributed by atoms with Crippen LogP contribution in [0.4, 0.5) is 20.8 Å². The van der Waals surface area contributed by atoms with Crippen molar-refractivity contribution in [1.82, 2.24) is 24.4 Å². The summed E-state index contributed by atoms with van der Waals surface area (Å²) >= 11 is 6.75. The maximum absolute atomic E-state index is 15.2. The SMILES string of the molecule is CC(C)c1ncnc(C(C)C)c1-n1c2c(c(N3CCN(C(=O)OC(C)(C)C)C[C@@H]3C)nc1=O)C=C(Cl)C(=C1C(=O)C=CC=C1F)N2O. The van der Waals surface area contributed by atoms with Crippen molar-refractivity contribution >= 4 is 41.2 Å². The van der Waals surface area contributed by atoms with Crippen molar-refractivity contribution in [2.75, 3.05) is 29.6 Å². The fourth-order valence-electron chi connectivity index (χ4n) is 5.88. The van der Waals surface area contributed by atoms with Gasteiger partial charge in [0, 0.05) is 25.7 Å². The van der Waals surface area contributed by atoms with Crippen molar-refractivity contribution in [3.63, 3.8) is 0 Å². The largest absolute Gasteiger partial charge is 0.444 e. The van der Waals surface area contributed by atoms with Crippen molar-refractivity contribution in [1.29, 1.82) is 0 Å². The zero-order valence-electron chi connectivity index (χ0n) is 27.7. The van der Waals surface area contributed by atoms with E-state index in [1.807, 2.05) is 39.5 Å². The predicted octanol–water partition coefficient (Wildman–Crippen LogP) is 5.75. The molecule has 5 rings (SSSR count). The maximum atomic E-state index is 15.2. The topological polar surface area (TPSA) is 134 Å². The molecule has 3 aliphatic rings. The first-order chi connectivity index (χ1) is 22.0. The smallest absolute Gasteiger partial charge is 0.410 e. The number of anilines is 2. The zero-order chi connectivity index (χ0) is 34.5. The third kappa shape index (κ3) is 6.33. The average molecular weight is 668 g/mol. The molecular weight excluding hydrogens is 629 g/mol. The third-order valence-corrected chi connectivity index (χ3v) is 8.24. The van der Waals surface area contributed by atoms with Crippen molar-refractivity contribution in [2.45, 2.75) is 78.9 Å². The van der Waals surface area contributed by atoms with E-state index in [-0.39, 0.29) is 65.4 Å². The Balaban J connectivity index is 1.77. The second-order valence-corrected chi connectivity index (χ2v) is 13.7. The molecule has 0 unspecified atom stereocenters. The Kier molecular flexibility index (Phi) is 9.17. The maximum Gasteiger partial charge on any atom is 0.410 e. The number of nitrogens with zero attached hydrogens (tertiary/aromatic N) is 7. The van der Waals surface area contributed by atoms with E-state index in [4.69, 9.17) is 16.3 Å². The van der Waals surface area contributed by atoms with E-state index in [0.29, 0.717) is 22.1 Å². The quantitative estimate of drug-likeness (QED) is 0.402. The van der Waals surface area contributed by atoms with Gasteiger partial charge in [0.25, 0.3) is 0 Å². The number of carbonyl (C=O) groups excluding carboxylic acids is 2. The van der Waals surface area contributed by atoms with Crippen LogP contribution in [0.5, 0.6) is 0 Å². The number of ketones is 1. The van der Waals surface area contributed by atoms with Crippen LogP contribution in [0.15, 0.2) is 51.5 Å². The molecule has 2 aromatic rings. The highest BCUT2D eigenvalue weighted by atomic mass is 35.5. The van der Waals surface area contributed by atoms with Gasteiger partial charge in [0.05, 0.1) is 33.2 Å². The van der Waals surface area contributed by atoms with Gasteiger partial charge in [0.1, 0.15) is 29.3 Å². The molecule has 1 N–H and O–H groups in total. The van der Waals surface area contributed by atoms with Gasteiger partial charge < -0.3 is 14.5 Å². The summed E-state index contributed by atoms with van der Waals surface area (Å²) in [6.45, 7) is 15.7. The standard InChI is InChI=1S/C33H39ClFN7O5/c1-17(2)25-28(26(18(3)4)37-16-36-25)41-30-20(14-21(34)27(42(30)46)24-22(35)10-9-11-23(24)43)29(38-31(41)44)40-13-12-39(15-19(40)5)32(45)47-33(6,7)8/h9-11,14,16-19,46H,12-13,15H2,1-8H3/t19-/m0/s1. The first-order valence-corrected chi connectivity index (χ1v) is 15.9.